The highest BCUT2D eigenvalue weighted by Crippen LogP contribution is 2.21. The highest BCUT2D eigenvalue weighted by molar-refractivity contribution is 5.94. The molecule has 0 atom stereocenters. The number of pyridine rings is 1. The van der Waals surface area contributed by atoms with Gasteiger partial charge in [-0.3, -0.25) is 4.79 Å². The van der Waals surface area contributed by atoms with Crippen LogP contribution in [0.1, 0.15) is 28.9 Å². The summed E-state index contributed by atoms with van der Waals surface area (Å²) in [5.41, 5.74) is 3.51. The fraction of sp³-hybridized carbons (Fsp3) is 0.250. The SMILES string of the molecule is N#Cc1ccc(-n2ccc3nc(C(=O)N4CCC(F)CC4)ccc32)cc1. The molecular formula is C20H17FN4O. The van der Waals surface area contributed by atoms with Crippen LogP contribution < -0.4 is 0 Å². The Balaban J connectivity index is 1.63. The molecule has 6 heteroatoms. The summed E-state index contributed by atoms with van der Waals surface area (Å²) in [7, 11) is 0. The normalized spacial score (nSPS) is 15.2. The number of amides is 1. The third-order valence-corrected chi connectivity index (χ3v) is 4.75. The molecule has 0 aliphatic carbocycles. The average Bonchev–Trinajstić information content (AvgIpc) is 3.11. The van der Waals surface area contributed by atoms with Gasteiger partial charge in [-0.2, -0.15) is 5.26 Å². The predicted octanol–water partition coefficient (Wildman–Crippen LogP) is 3.47. The van der Waals surface area contributed by atoms with E-state index >= 15 is 0 Å². The summed E-state index contributed by atoms with van der Waals surface area (Å²) in [5, 5.41) is 8.91. The number of fused-ring (bicyclic) bond motifs is 1. The van der Waals surface area contributed by atoms with Crippen molar-refractivity contribution in [2.75, 3.05) is 13.1 Å². The number of piperidine rings is 1. The highest BCUT2D eigenvalue weighted by atomic mass is 19.1. The predicted molar refractivity (Wildman–Crippen MR) is 95.8 cm³/mol. The molecule has 3 heterocycles. The molecule has 3 aromatic rings. The summed E-state index contributed by atoms with van der Waals surface area (Å²) in [6.45, 7) is 0.873. The van der Waals surface area contributed by atoms with Crippen molar-refractivity contribution in [1.29, 1.82) is 5.26 Å². The molecule has 2 aromatic heterocycles. The lowest BCUT2D eigenvalue weighted by atomic mass is 10.1. The first-order chi connectivity index (χ1) is 12.7. The number of nitriles is 1. The second-order valence-electron chi connectivity index (χ2n) is 6.41. The van der Waals surface area contributed by atoms with Crippen LogP contribution in [0, 0.1) is 11.3 Å². The number of carbonyl (C=O) groups is 1. The van der Waals surface area contributed by atoms with E-state index in [-0.39, 0.29) is 5.91 Å². The summed E-state index contributed by atoms with van der Waals surface area (Å²) in [6, 6.07) is 14.8. The number of benzene rings is 1. The Bertz CT molecular complexity index is 995. The van der Waals surface area contributed by atoms with Crippen molar-refractivity contribution in [3.05, 3.63) is 59.9 Å². The summed E-state index contributed by atoms with van der Waals surface area (Å²) in [5.74, 6) is -0.148. The van der Waals surface area contributed by atoms with Gasteiger partial charge < -0.3 is 9.47 Å². The van der Waals surface area contributed by atoms with E-state index in [2.05, 4.69) is 11.1 Å². The molecule has 1 fully saturated rings. The third kappa shape index (κ3) is 2.93. The molecule has 0 saturated carbocycles. The van der Waals surface area contributed by atoms with Crippen molar-refractivity contribution >= 4 is 16.9 Å². The van der Waals surface area contributed by atoms with E-state index in [9.17, 15) is 9.18 Å². The lowest BCUT2D eigenvalue weighted by molar-refractivity contribution is 0.0661. The van der Waals surface area contributed by atoms with Gasteiger partial charge in [-0.1, -0.05) is 0 Å². The summed E-state index contributed by atoms with van der Waals surface area (Å²) < 4.78 is 15.2. The molecule has 1 aliphatic rings. The smallest absolute Gasteiger partial charge is 0.272 e. The molecule has 0 radical (unpaired) electrons. The molecule has 1 aromatic carbocycles. The maximum atomic E-state index is 13.3. The number of hydrogen-bond donors (Lipinski definition) is 0. The van der Waals surface area contributed by atoms with Gasteiger partial charge in [-0.15, -0.1) is 0 Å². The van der Waals surface area contributed by atoms with Crippen molar-refractivity contribution in [2.24, 2.45) is 0 Å². The van der Waals surface area contributed by atoms with Gasteiger partial charge >= 0.3 is 0 Å². The molecule has 0 N–H and O–H groups in total. The molecule has 1 amide bonds. The molecule has 0 bridgehead atoms. The largest absolute Gasteiger partial charge is 0.337 e. The fourth-order valence-corrected chi connectivity index (χ4v) is 3.27. The zero-order valence-electron chi connectivity index (χ0n) is 14.1. The molecule has 0 spiro atoms. The van der Waals surface area contributed by atoms with Gasteiger partial charge in [0.25, 0.3) is 5.91 Å². The van der Waals surface area contributed by atoms with Crippen LogP contribution in [0.15, 0.2) is 48.7 Å². The topological polar surface area (TPSA) is 61.9 Å². The van der Waals surface area contributed by atoms with E-state index in [1.807, 2.05) is 35.0 Å². The Hall–Kier alpha value is -3.20. The van der Waals surface area contributed by atoms with E-state index in [0.717, 1.165) is 16.7 Å². The molecule has 26 heavy (non-hydrogen) atoms. The van der Waals surface area contributed by atoms with Crippen LogP contribution in [0.2, 0.25) is 0 Å². The van der Waals surface area contributed by atoms with Gasteiger partial charge in [0.2, 0.25) is 0 Å². The molecular weight excluding hydrogens is 331 g/mol. The van der Waals surface area contributed by atoms with Crippen LogP contribution in [0.5, 0.6) is 0 Å². The number of rotatable bonds is 2. The van der Waals surface area contributed by atoms with Crippen molar-refractivity contribution < 1.29 is 9.18 Å². The van der Waals surface area contributed by atoms with E-state index in [0.29, 0.717) is 37.2 Å². The van der Waals surface area contributed by atoms with Crippen molar-refractivity contribution in [3.8, 4) is 11.8 Å². The van der Waals surface area contributed by atoms with Crippen molar-refractivity contribution in [2.45, 2.75) is 19.0 Å². The first-order valence-corrected chi connectivity index (χ1v) is 8.58. The number of aromatic nitrogens is 2. The van der Waals surface area contributed by atoms with Crippen LogP contribution in [0.3, 0.4) is 0 Å². The molecule has 0 unspecified atom stereocenters. The van der Waals surface area contributed by atoms with Gasteiger partial charge in [-0.25, -0.2) is 9.37 Å². The maximum absolute atomic E-state index is 13.3. The maximum Gasteiger partial charge on any atom is 0.272 e. The minimum Gasteiger partial charge on any atom is -0.337 e. The Labute approximate surface area is 150 Å². The molecule has 1 aliphatic heterocycles. The number of likely N-dealkylation sites (tertiary alicyclic amines) is 1. The minimum absolute atomic E-state index is 0.148. The van der Waals surface area contributed by atoms with Crippen LogP contribution in [-0.4, -0.2) is 39.6 Å². The zero-order valence-corrected chi connectivity index (χ0v) is 14.1. The van der Waals surface area contributed by atoms with Gasteiger partial charge in [0, 0.05) is 25.0 Å². The summed E-state index contributed by atoms with van der Waals surface area (Å²) in [4.78, 5) is 18.8. The van der Waals surface area contributed by atoms with Gasteiger partial charge in [0.1, 0.15) is 11.9 Å². The lowest BCUT2D eigenvalue weighted by Crippen LogP contribution is -2.39. The second-order valence-corrected chi connectivity index (χ2v) is 6.41. The number of nitrogens with zero attached hydrogens (tertiary/aromatic N) is 4. The van der Waals surface area contributed by atoms with E-state index < -0.39 is 6.17 Å². The molecule has 4 rings (SSSR count). The number of carbonyl (C=O) groups excluding carboxylic acids is 1. The first kappa shape index (κ1) is 16.3. The van der Waals surface area contributed by atoms with E-state index in [4.69, 9.17) is 5.26 Å². The van der Waals surface area contributed by atoms with Gasteiger partial charge in [0.15, 0.2) is 0 Å². The fourth-order valence-electron chi connectivity index (χ4n) is 3.27. The van der Waals surface area contributed by atoms with Crippen molar-refractivity contribution in [3.63, 3.8) is 0 Å². The standard InChI is InChI=1S/C20H17FN4O/c21-15-7-10-24(11-8-15)20(26)18-5-6-19-17(23-18)9-12-25(19)16-3-1-14(13-22)2-4-16/h1-6,9,12,15H,7-8,10-11H2. The molecule has 5 nitrogen and oxygen atoms in total. The van der Waals surface area contributed by atoms with E-state index in [1.54, 1.807) is 23.1 Å². The van der Waals surface area contributed by atoms with Gasteiger partial charge in [0.05, 0.1) is 22.7 Å². The number of halogens is 1. The first-order valence-electron chi connectivity index (χ1n) is 8.58. The molecule has 1 saturated heterocycles. The zero-order chi connectivity index (χ0) is 18.1. The Kier molecular flexibility index (Phi) is 4.13. The summed E-state index contributed by atoms with van der Waals surface area (Å²) in [6.07, 6.45) is 1.87. The molecule has 130 valence electrons. The monoisotopic (exact) mass is 348 g/mol. The van der Waals surface area contributed by atoms with E-state index in [1.165, 1.54) is 0 Å². The Morgan fingerprint density at radius 3 is 2.54 bits per heavy atom. The Morgan fingerprint density at radius 2 is 1.85 bits per heavy atom. The van der Waals surface area contributed by atoms with Crippen LogP contribution >= 0.6 is 0 Å². The van der Waals surface area contributed by atoms with Gasteiger partial charge in [-0.05, 0) is 55.3 Å². The number of hydrogen-bond acceptors (Lipinski definition) is 3. The minimum atomic E-state index is -0.809. The summed E-state index contributed by atoms with van der Waals surface area (Å²) >= 11 is 0. The number of alkyl halides is 1. The van der Waals surface area contributed by atoms with Crippen LogP contribution in [-0.2, 0) is 0 Å². The van der Waals surface area contributed by atoms with Crippen LogP contribution in [0.4, 0.5) is 4.39 Å². The average molecular weight is 348 g/mol. The lowest BCUT2D eigenvalue weighted by Gasteiger charge is -2.28. The quantitative estimate of drug-likeness (QED) is 0.712. The van der Waals surface area contributed by atoms with Crippen molar-refractivity contribution in [1.82, 2.24) is 14.5 Å². The third-order valence-electron chi connectivity index (χ3n) is 4.75. The second kappa shape index (κ2) is 6.60. The highest BCUT2D eigenvalue weighted by Gasteiger charge is 2.24. The van der Waals surface area contributed by atoms with Crippen LogP contribution in [0.25, 0.3) is 16.7 Å². The Morgan fingerprint density at radius 1 is 1.12 bits per heavy atom.